The van der Waals surface area contributed by atoms with E-state index in [1.807, 2.05) is 7.05 Å². The maximum Gasteiger partial charge on any atom is 0.141 e. The normalized spacial score (nSPS) is 27.6. The molecule has 2 rings (SSSR count). The van der Waals surface area contributed by atoms with Gasteiger partial charge in [-0.25, -0.2) is 4.39 Å². The van der Waals surface area contributed by atoms with Gasteiger partial charge in [-0.1, -0.05) is 37.4 Å². The molecule has 0 aromatic heterocycles. The summed E-state index contributed by atoms with van der Waals surface area (Å²) >= 11 is 5.89. The maximum atomic E-state index is 13.3. The SMILES string of the molecule is CNC(Cc1ccc(F)c(Cl)c1)C1(OC)CCCC(C)C1. The van der Waals surface area contributed by atoms with Gasteiger partial charge < -0.3 is 10.1 Å². The predicted molar refractivity (Wildman–Crippen MR) is 85.3 cm³/mol. The number of likely N-dealkylation sites (N-methyl/N-ethyl adjacent to an activating group) is 1. The number of ether oxygens (including phenoxy) is 1. The molecule has 1 N–H and O–H groups in total. The smallest absolute Gasteiger partial charge is 0.141 e. The third kappa shape index (κ3) is 3.77. The summed E-state index contributed by atoms with van der Waals surface area (Å²) in [5, 5.41) is 3.59. The first-order valence-corrected chi connectivity index (χ1v) is 8.05. The van der Waals surface area contributed by atoms with Crippen LogP contribution in [0.1, 0.15) is 38.2 Å². The second kappa shape index (κ2) is 7.08. The minimum absolute atomic E-state index is 0.146. The highest BCUT2D eigenvalue weighted by Gasteiger charge is 2.41. The second-order valence-corrected chi connectivity index (χ2v) is 6.67. The van der Waals surface area contributed by atoms with E-state index < -0.39 is 0 Å². The van der Waals surface area contributed by atoms with Crippen LogP contribution >= 0.6 is 11.6 Å². The van der Waals surface area contributed by atoms with E-state index in [-0.39, 0.29) is 22.5 Å². The monoisotopic (exact) mass is 313 g/mol. The molecule has 118 valence electrons. The molecule has 1 aliphatic carbocycles. The summed E-state index contributed by atoms with van der Waals surface area (Å²) < 4.78 is 19.3. The topological polar surface area (TPSA) is 21.3 Å². The van der Waals surface area contributed by atoms with E-state index in [9.17, 15) is 4.39 Å². The van der Waals surface area contributed by atoms with Gasteiger partial charge in [0, 0.05) is 13.2 Å². The summed E-state index contributed by atoms with van der Waals surface area (Å²) in [7, 11) is 3.77. The van der Waals surface area contributed by atoms with Gasteiger partial charge in [0.1, 0.15) is 5.82 Å². The van der Waals surface area contributed by atoms with Crippen molar-refractivity contribution in [1.82, 2.24) is 5.32 Å². The van der Waals surface area contributed by atoms with Crippen LogP contribution in [0.25, 0.3) is 0 Å². The summed E-state index contributed by atoms with van der Waals surface area (Å²) in [4.78, 5) is 0. The molecule has 2 nitrogen and oxygen atoms in total. The molecule has 21 heavy (non-hydrogen) atoms. The lowest BCUT2D eigenvalue weighted by atomic mass is 9.73. The van der Waals surface area contributed by atoms with Crippen molar-refractivity contribution in [1.29, 1.82) is 0 Å². The van der Waals surface area contributed by atoms with Crippen molar-refractivity contribution in [2.24, 2.45) is 5.92 Å². The van der Waals surface area contributed by atoms with Gasteiger partial charge >= 0.3 is 0 Å². The van der Waals surface area contributed by atoms with Crippen LogP contribution < -0.4 is 5.32 Å². The van der Waals surface area contributed by atoms with Crippen LogP contribution in [0.5, 0.6) is 0 Å². The largest absolute Gasteiger partial charge is 0.377 e. The van der Waals surface area contributed by atoms with Gasteiger partial charge in [0.05, 0.1) is 10.6 Å². The molecule has 0 spiro atoms. The van der Waals surface area contributed by atoms with E-state index in [4.69, 9.17) is 16.3 Å². The number of methoxy groups -OCH3 is 1. The highest BCUT2D eigenvalue weighted by atomic mass is 35.5. The third-order valence-corrected chi connectivity index (χ3v) is 5.09. The van der Waals surface area contributed by atoms with Crippen molar-refractivity contribution < 1.29 is 9.13 Å². The number of hydrogen-bond donors (Lipinski definition) is 1. The van der Waals surface area contributed by atoms with Gasteiger partial charge in [0.15, 0.2) is 0 Å². The molecule has 1 fully saturated rings. The molecule has 1 aromatic rings. The second-order valence-electron chi connectivity index (χ2n) is 6.26. The Morgan fingerprint density at radius 3 is 2.86 bits per heavy atom. The number of hydrogen-bond acceptors (Lipinski definition) is 2. The summed E-state index contributed by atoms with van der Waals surface area (Å²) in [6.07, 6.45) is 5.37. The van der Waals surface area contributed by atoms with Crippen LogP contribution in [0.15, 0.2) is 18.2 Å². The molecular formula is C17H25ClFNO. The van der Waals surface area contributed by atoms with Crippen molar-refractivity contribution in [2.45, 2.75) is 50.7 Å². The first-order chi connectivity index (χ1) is 10.0. The number of halogens is 2. The molecule has 1 aliphatic rings. The Balaban J connectivity index is 2.19. The quantitative estimate of drug-likeness (QED) is 0.879. The standard InChI is InChI=1S/C17H25ClFNO/c1-12-5-4-8-17(11-12,21-3)16(20-2)10-13-6-7-15(19)14(18)9-13/h6-7,9,12,16,20H,4-5,8,10-11H2,1-3H3. The van der Waals surface area contributed by atoms with Crippen molar-refractivity contribution >= 4 is 11.6 Å². The van der Waals surface area contributed by atoms with Crippen LogP contribution in [-0.4, -0.2) is 25.8 Å². The van der Waals surface area contributed by atoms with Crippen molar-refractivity contribution in [3.63, 3.8) is 0 Å². The van der Waals surface area contributed by atoms with Crippen molar-refractivity contribution in [2.75, 3.05) is 14.2 Å². The molecular weight excluding hydrogens is 289 g/mol. The van der Waals surface area contributed by atoms with E-state index in [2.05, 4.69) is 12.2 Å². The molecule has 3 unspecified atom stereocenters. The Bertz CT molecular complexity index is 482. The molecule has 0 saturated heterocycles. The van der Waals surface area contributed by atoms with Crippen LogP contribution in [0.4, 0.5) is 4.39 Å². The third-order valence-electron chi connectivity index (χ3n) is 4.80. The first kappa shape index (κ1) is 16.7. The zero-order valence-electron chi connectivity index (χ0n) is 13.1. The zero-order chi connectivity index (χ0) is 15.5. The maximum absolute atomic E-state index is 13.3. The minimum atomic E-state index is -0.367. The van der Waals surface area contributed by atoms with Gasteiger partial charge in [-0.15, -0.1) is 0 Å². The molecule has 0 amide bonds. The average molecular weight is 314 g/mol. The lowest BCUT2D eigenvalue weighted by Crippen LogP contribution is -2.54. The zero-order valence-corrected chi connectivity index (χ0v) is 13.8. The van der Waals surface area contributed by atoms with E-state index in [1.165, 1.54) is 18.9 Å². The van der Waals surface area contributed by atoms with E-state index in [0.29, 0.717) is 5.92 Å². The lowest BCUT2D eigenvalue weighted by molar-refractivity contribution is -0.0775. The lowest BCUT2D eigenvalue weighted by Gasteiger charge is -2.44. The van der Waals surface area contributed by atoms with Crippen molar-refractivity contribution in [3.8, 4) is 0 Å². The van der Waals surface area contributed by atoms with Gasteiger partial charge in [0.2, 0.25) is 0 Å². The number of benzene rings is 1. The fourth-order valence-corrected chi connectivity index (χ4v) is 3.84. The highest BCUT2D eigenvalue weighted by Crippen LogP contribution is 2.38. The predicted octanol–water partition coefficient (Wildman–Crippen LogP) is 4.20. The van der Waals surface area contributed by atoms with Crippen LogP contribution in [0.3, 0.4) is 0 Å². The van der Waals surface area contributed by atoms with E-state index in [0.717, 1.165) is 24.8 Å². The molecule has 0 heterocycles. The Labute approximate surface area is 132 Å². The summed E-state index contributed by atoms with van der Waals surface area (Å²) in [6, 6.07) is 5.16. The highest BCUT2D eigenvalue weighted by molar-refractivity contribution is 6.30. The summed E-state index contributed by atoms with van der Waals surface area (Å²) in [5.74, 6) is 0.306. The van der Waals surface area contributed by atoms with Crippen LogP contribution in [-0.2, 0) is 11.2 Å². The molecule has 0 aliphatic heterocycles. The molecule has 0 radical (unpaired) electrons. The van der Waals surface area contributed by atoms with Crippen LogP contribution in [0.2, 0.25) is 5.02 Å². The van der Waals surface area contributed by atoms with Gasteiger partial charge in [-0.3, -0.25) is 0 Å². The fourth-order valence-electron chi connectivity index (χ4n) is 3.64. The molecule has 3 atom stereocenters. The Kier molecular flexibility index (Phi) is 5.64. The van der Waals surface area contributed by atoms with Crippen molar-refractivity contribution in [3.05, 3.63) is 34.6 Å². The fraction of sp³-hybridized carbons (Fsp3) is 0.647. The Morgan fingerprint density at radius 1 is 1.52 bits per heavy atom. The van der Waals surface area contributed by atoms with Gasteiger partial charge in [-0.2, -0.15) is 0 Å². The first-order valence-electron chi connectivity index (χ1n) is 7.67. The minimum Gasteiger partial charge on any atom is -0.377 e. The molecule has 4 heteroatoms. The summed E-state index contributed by atoms with van der Waals surface area (Å²) in [6.45, 7) is 2.29. The Hall–Kier alpha value is -0.640. The van der Waals surface area contributed by atoms with E-state index >= 15 is 0 Å². The Morgan fingerprint density at radius 2 is 2.29 bits per heavy atom. The molecule has 1 saturated carbocycles. The molecule has 0 bridgehead atoms. The molecule has 1 aromatic carbocycles. The average Bonchev–Trinajstić information content (AvgIpc) is 2.48. The van der Waals surface area contributed by atoms with Crippen LogP contribution in [0, 0.1) is 11.7 Å². The number of nitrogens with one attached hydrogen (secondary N) is 1. The van der Waals surface area contributed by atoms with E-state index in [1.54, 1.807) is 19.2 Å². The number of rotatable bonds is 5. The van der Waals surface area contributed by atoms with Gasteiger partial charge in [0.25, 0.3) is 0 Å². The summed E-state index contributed by atoms with van der Waals surface area (Å²) in [5.41, 5.74) is 0.892. The van der Waals surface area contributed by atoms with Gasteiger partial charge in [-0.05, 0) is 49.9 Å².